The van der Waals surface area contributed by atoms with Crippen LogP contribution in [-0.4, -0.2) is 5.11 Å². The van der Waals surface area contributed by atoms with Crippen LogP contribution >= 0.6 is 50.7 Å². The lowest BCUT2D eigenvalue weighted by atomic mass is 10.2. The van der Waals surface area contributed by atoms with Gasteiger partial charge in [0.15, 0.2) is 5.75 Å². The highest BCUT2D eigenvalue weighted by Crippen LogP contribution is 2.35. The molecule has 3 nitrogen and oxygen atoms in total. The fourth-order valence-corrected chi connectivity index (χ4v) is 3.46. The quantitative estimate of drug-likeness (QED) is 0.358. The molecule has 0 fully saturated rings. The zero-order valence-electron chi connectivity index (χ0n) is 14.0. The molecule has 0 radical (unpaired) electrons. The molecule has 0 spiro atoms. The van der Waals surface area contributed by atoms with Crippen LogP contribution in [0.3, 0.4) is 0 Å². The predicted octanol–water partition coefficient (Wildman–Crippen LogP) is 7.31. The van der Waals surface area contributed by atoms with Gasteiger partial charge in [0.2, 0.25) is 0 Å². The summed E-state index contributed by atoms with van der Waals surface area (Å²) < 4.78 is 6.92. The Morgan fingerprint density at radius 2 is 1.59 bits per heavy atom. The molecule has 0 saturated heterocycles. The summed E-state index contributed by atoms with van der Waals surface area (Å²) >= 11 is 21.3. The van der Waals surface area contributed by atoms with Crippen molar-refractivity contribution < 1.29 is 9.84 Å². The van der Waals surface area contributed by atoms with Crippen LogP contribution in [0.4, 0.5) is 5.69 Å². The first-order valence-electron chi connectivity index (χ1n) is 8.00. The molecule has 0 heterocycles. The van der Waals surface area contributed by atoms with E-state index in [1.165, 1.54) is 0 Å². The summed E-state index contributed by atoms with van der Waals surface area (Å²) in [6.07, 6.45) is 0. The minimum Gasteiger partial charge on any atom is -0.505 e. The predicted molar refractivity (Wildman–Crippen MR) is 115 cm³/mol. The lowest BCUT2D eigenvalue weighted by molar-refractivity contribution is 0.303. The van der Waals surface area contributed by atoms with Crippen molar-refractivity contribution in [3.05, 3.63) is 85.3 Å². The number of hydrogen-bond acceptors (Lipinski definition) is 3. The van der Waals surface area contributed by atoms with Gasteiger partial charge in [-0.1, -0.05) is 62.9 Å². The molecular formula is C20H15BrCl3NO2. The van der Waals surface area contributed by atoms with Gasteiger partial charge in [0.1, 0.15) is 12.4 Å². The van der Waals surface area contributed by atoms with Crippen molar-refractivity contribution in [3.63, 3.8) is 0 Å². The van der Waals surface area contributed by atoms with Crippen LogP contribution in [0.2, 0.25) is 15.1 Å². The molecule has 0 aliphatic heterocycles. The van der Waals surface area contributed by atoms with Crippen molar-refractivity contribution in [2.75, 3.05) is 5.32 Å². The van der Waals surface area contributed by atoms with Gasteiger partial charge in [-0.05, 0) is 48.0 Å². The molecule has 140 valence electrons. The number of phenols is 1. The van der Waals surface area contributed by atoms with Crippen molar-refractivity contribution in [1.82, 2.24) is 0 Å². The molecule has 27 heavy (non-hydrogen) atoms. The molecule has 0 atom stereocenters. The van der Waals surface area contributed by atoms with Gasteiger partial charge in [-0.15, -0.1) is 0 Å². The van der Waals surface area contributed by atoms with E-state index in [4.69, 9.17) is 39.5 Å². The summed E-state index contributed by atoms with van der Waals surface area (Å²) in [5.41, 5.74) is 2.68. The Labute approximate surface area is 181 Å². The van der Waals surface area contributed by atoms with Crippen LogP contribution in [0.15, 0.2) is 59.1 Å². The maximum Gasteiger partial charge on any atom is 0.152 e. The maximum atomic E-state index is 9.67. The number of nitrogens with one attached hydrogen (secondary N) is 1. The summed E-state index contributed by atoms with van der Waals surface area (Å²) in [5, 5.41) is 14.0. The number of hydrogen-bond donors (Lipinski definition) is 2. The zero-order valence-corrected chi connectivity index (χ0v) is 17.8. The number of ether oxygens (including phenoxy) is 1. The lowest BCUT2D eigenvalue weighted by Gasteiger charge is -2.14. The lowest BCUT2D eigenvalue weighted by Crippen LogP contribution is -2.04. The standard InChI is InChI=1S/C20H15BrCl3NO2/c21-14-3-6-19(27-11-12-1-4-15(22)5-2-12)13(7-14)10-25-16-8-17(23)20(26)18(24)9-16/h1-9,25-26H,10-11H2. The number of anilines is 1. The molecule has 3 aromatic carbocycles. The Balaban J connectivity index is 1.73. The minimum atomic E-state index is -0.127. The third kappa shape index (κ3) is 5.45. The third-order valence-electron chi connectivity index (χ3n) is 3.83. The zero-order chi connectivity index (χ0) is 19.4. The summed E-state index contributed by atoms with van der Waals surface area (Å²) in [4.78, 5) is 0. The fraction of sp³-hybridized carbons (Fsp3) is 0.100. The maximum absolute atomic E-state index is 9.67. The van der Waals surface area contributed by atoms with Gasteiger partial charge in [0.05, 0.1) is 10.0 Å². The second-order valence-electron chi connectivity index (χ2n) is 5.81. The smallest absolute Gasteiger partial charge is 0.152 e. The number of phenolic OH excluding ortho intramolecular Hbond substituents is 1. The molecule has 2 N–H and O–H groups in total. The molecule has 0 saturated carbocycles. The molecule has 0 aromatic heterocycles. The highest BCUT2D eigenvalue weighted by atomic mass is 79.9. The Morgan fingerprint density at radius 1 is 0.926 bits per heavy atom. The average molecular weight is 488 g/mol. The number of benzene rings is 3. The fourth-order valence-electron chi connectivity index (χ4n) is 2.43. The Kier molecular flexibility index (Phi) is 6.77. The van der Waals surface area contributed by atoms with Gasteiger partial charge in [-0.25, -0.2) is 0 Å². The first kappa shape index (κ1) is 20.2. The van der Waals surface area contributed by atoms with Gasteiger partial charge in [0, 0.05) is 27.3 Å². The van der Waals surface area contributed by atoms with Crippen molar-refractivity contribution in [2.24, 2.45) is 0 Å². The van der Waals surface area contributed by atoms with Gasteiger partial charge in [-0.3, -0.25) is 0 Å². The van der Waals surface area contributed by atoms with Gasteiger partial charge < -0.3 is 15.2 Å². The summed E-state index contributed by atoms with van der Waals surface area (Å²) in [6.45, 7) is 0.926. The summed E-state index contributed by atoms with van der Waals surface area (Å²) in [5.74, 6) is 0.634. The van der Waals surface area contributed by atoms with Gasteiger partial charge in [0.25, 0.3) is 0 Å². The van der Waals surface area contributed by atoms with Crippen LogP contribution in [0.25, 0.3) is 0 Å². The van der Waals surface area contributed by atoms with E-state index in [0.717, 1.165) is 21.3 Å². The molecule has 0 bridgehead atoms. The van der Waals surface area contributed by atoms with E-state index in [1.54, 1.807) is 12.1 Å². The van der Waals surface area contributed by atoms with Crippen LogP contribution in [0, 0.1) is 0 Å². The van der Waals surface area contributed by atoms with Gasteiger partial charge >= 0.3 is 0 Å². The average Bonchev–Trinajstić information content (AvgIpc) is 2.65. The van der Waals surface area contributed by atoms with E-state index in [1.807, 2.05) is 42.5 Å². The van der Waals surface area contributed by atoms with Crippen molar-refractivity contribution in [1.29, 1.82) is 0 Å². The molecule has 3 aromatic rings. The first-order chi connectivity index (χ1) is 12.9. The van der Waals surface area contributed by atoms with Crippen LogP contribution in [0.5, 0.6) is 11.5 Å². The van der Waals surface area contributed by atoms with Crippen LogP contribution < -0.4 is 10.1 Å². The van der Waals surface area contributed by atoms with Crippen LogP contribution in [-0.2, 0) is 13.2 Å². The van der Waals surface area contributed by atoms with E-state index < -0.39 is 0 Å². The molecule has 0 unspecified atom stereocenters. The molecule has 0 aliphatic rings. The second-order valence-corrected chi connectivity index (χ2v) is 7.98. The Morgan fingerprint density at radius 3 is 2.26 bits per heavy atom. The Hall–Kier alpha value is -1.59. The van der Waals surface area contributed by atoms with E-state index in [-0.39, 0.29) is 15.8 Å². The normalized spacial score (nSPS) is 10.7. The third-order valence-corrected chi connectivity index (χ3v) is 5.15. The van der Waals surface area contributed by atoms with Gasteiger partial charge in [-0.2, -0.15) is 0 Å². The van der Waals surface area contributed by atoms with E-state index in [0.29, 0.717) is 23.9 Å². The molecular weight excluding hydrogens is 472 g/mol. The van der Waals surface area contributed by atoms with E-state index in [2.05, 4.69) is 21.2 Å². The number of aromatic hydroxyl groups is 1. The summed E-state index contributed by atoms with van der Waals surface area (Å²) in [7, 11) is 0. The number of rotatable bonds is 6. The highest BCUT2D eigenvalue weighted by molar-refractivity contribution is 9.10. The molecule has 7 heteroatoms. The highest BCUT2D eigenvalue weighted by Gasteiger charge is 2.09. The number of halogens is 4. The SMILES string of the molecule is Oc1c(Cl)cc(NCc2cc(Br)ccc2OCc2ccc(Cl)cc2)cc1Cl. The molecule has 0 aliphatic carbocycles. The van der Waals surface area contributed by atoms with Crippen LogP contribution in [0.1, 0.15) is 11.1 Å². The van der Waals surface area contributed by atoms with E-state index in [9.17, 15) is 5.11 Å². The molecule has 0 amide bonds. The molecule has 3 rings (SSSR count). The first-order valence-corrected chi connectivity index (χ1v) is 9.92. The monoisotopic (exact) mass is 485 g/mol. The van der Waals surface area contributed by atoms with Crippen molar-refractivity contribution >= 4 is 56.4 Å². The van der Waals surface area contributed by atoms with Crippen molar-refractivity contribution in [3.8, 4) is 11.5 Å². The van der Waals surface area contributed by atoms with E-state index >= 15 is 0 Å². The topological polar surface area (TPSA) is 41.5 Å². The Bertz CT molecular complexity index is 925. The summed E-state index contributed by atoms with van der Waals surface area (Å²) in [6, 6.07) is 16.6. The minimum absolute atomic E-state index is 0.127. The largest absolute Gasteiger partial charge is 0.505 e. The second kappa shape index (κ2) is 9.07. The van der Waals surface area contributed by atoms with Crippen molar-refractivity contribution in [2.45, 2.75) is 13.2 Å².